The lowest BCUT2D eigenvalue weighted by Crippen LogP contribution is -2.49. The van der Waals surface area contributed by atoms with Crippen LogP contribution >= 0.6 is 104 Å². The largest absolute Gasteiger partial charge is 0.397 e. The third kappa shape index (κ3) is 17.8. The molecule has 0 bridgehead atoms. The average Bonchev–Trinajstić information content (AvgIpc) is 0.728. The first kappa shape index (κ1) is 99.7. The van der Waals surface area contributed by atoms with E-state index in [0.717, 1.165) is 0 Å². The zero-order valence-corrected chi connectivity index (χ0v) is 80.0. The molecule has 0 radical (unpaired) electrons. The van der Waals surface area contributed by atoms with Gasteiger partial charge in [-0.05, 0) is 110 Å². The minimum absolute atomic E-state index is 0.0346. The number of nitriles is 3. The Morgan fingerprint density at radius 1 is 0.378 bits per heavy atom. The number of amides is 3. The molecule has 12 aromatic rings. The number of rotatable bonds is 15. The van der Waals surface area contributed by atoms with Crippen molar-refractivity contribution in [2.45, 2.75) is 80.1 Å². The Morgan fingerprint density at radius 3 is 0.867 bits per heavy atom. The number of hydrogen-bond donors (Lipinski definition) is 3. The van der Waals surface area contributed by atoms with Crippen molar-refractivity contribution in [1.29, 1.82) is 15.8 Å². The van der Waals surface area contributed by atoms with E-state index < -0.39 is 98.8 Å². The monoisotopic (exact) mass is 2010 g/mol. The molecule has 3 saturated heterocycles. The number of hydrogen-bond acceptors (Lipinski definition) is 21. The van der Waals surface area contributed by atoms with Gasteiger partial charge in [-0.25, -0.2) is 41.3 Å². The summed E-state index contributed by atoms with van der Waals surface area (Å²) in [5.41, 5.74) is 18.2. The number of nitrogens with two attached hydrogens (primary N) is 3. The fraction of sp³-hybridized carbons (Fsp3) is 0.258. The summed E-state index contributed by atoms with van der Waals surface area (Å²) in [6, 6.07) is 15.8. The van der Waals surface area contributed by atoms with Crippen LogP contribution in [0, 0.1) is 89.7 Å². The highest BCUT2D eigenvalue weighted by atomic mass is 35.5. The van der Waals surface area contributed by atoms with Gasteiger partial charge < -0.3 is 46.6 Å². The molecular weight excluding hydrogens is 1940 g/mol. The van der Waals surface area contributed by atoms with Gasteiger partial charge >= 0.3 is 0 Å². The van der Waals surface area contributed by atoms with E-state index in [9.17, 15) is 70.9 Å². The van der Waals surface area contributed by atoms with Crippen LogP contribution in [0.15, 0.2) is 107 Å². The van der Waals surface area contributed by atoms with Gasteiger partial charge in [0.25, 0.3) is 16.7 Å². The van der Waals surface area contributed by atoms with Crippen LogP contribution < -0.4 is 48.6 Å². The number of aryl methyl sites for hydroxylation is 3. The molecule has 696 valence electrons. The van der Waals surface area contributed by atoms with Gasteiger partial charge in [-0.15, -0.1) is 0 Å². The zero-order chi connectivity index (χ0) is 98.7. The summed E-state index contributed by atoms with van der Waals surface area (Å²) >= 11 is 57.3. The van der Waals surface area contributed by atoms with Crippen LogP contribution in [-0.2, 0) is 14.4 Å². The fourth-order valence-corrected chi connectivity index (χ4v) is 18.7. The Balaban J connectivity index is 0.000000171. The van der Waals surface area contributed by atoms with Gasteiger partial charge in [0.15, 0.2) is 34.9 Å². The maximum absolute atomic E-state index is 14.8. The summed E-state index contributed by atoms with van der Waals surface area (Å²) in [5, 5.41) is 28.2. The fourth-order valence-electron chi connectivity index (χ4n) is 16.6. The van der Waals surface area contributed by atoms with Gasteiger partial charge in [-0.1, -0.05) is 166 Å². The first-order chi connectivity index (χ1) is 64.0. The van der Waals surface area contributed by atoms with E-state index in [-0.39, 0.29) is 174 Å². The van der Waals surface area contributed by atoms with Gasteiger partial charge in [0.2, 0.25) is 17.7 Å². The third-order valence-electron chi connectivity index (χ3n) is 23.2. The number of aromatic nitrogens is 9. The second-order valence-corrected chi connectivity index (χ2v) is 35.7. The summed E-state index contributed by atoms with van der Waals surface area (Å²) < 4.78 is 91.5. The summed E-state index contributed by atoms with van der Waals surface area (Å²) in [4.78, 5) is 118. The van der Waals surface area contributed by atoms with E-state index in [1.165, 1.54) is 50.1 Å². The van der Waals surface area contributed by atoms with Gasteiger partial charge in [-0.2, -0.15) is 15.8 Å². The molecule has 3 fully saturated rings. The van der Waals surface area contributed by atoms with Crippen molar-refractivity contribution < 1.29 is 40.7 Å². The number of nitrogen functional groups attached to an aromatic ring is 3. The number of carbonyl (C=O) groups is 3. The number of pyridine rings is 9. The van der Waals surface area contributed by atoms with E-state index in [0.29, 0.717) is 106 Å². The van der Waals surface area contributed by atoms with Crippen LogP contribution in [-0.4, -0.2) is 155 Å². The number of fused-ring (bicyclic) bond motifs is 3. The maximum atomic E-state index is 14.8. The van der Waals surface area contributed by atoms with Gasteiger partial charge in [0.1, 0.15) is 56.9 Å². The van der Waals surface area contributed by atoms with Crippen LogP contribution in [0.4, 0.5) is 60.5 Å². The number of piperazine rings is 3. The van der Waals surface area contributed by atoms with Crippen LogP contribution in [0.25, 0.3) is 83.9 Å². The average molecular weight is 2020 g/mol. The molecule has 0 unspecified atom stereocenters. The minimum atomic E-state index is -1.45. The molecule has 15 rings (SSSR count). The van der Waals surface area contributed by atoms with E-state index in [1.54, 1.807) is 72.3 Å². The molecule has 0 saturated carbocycles. The summed E-state index contributed by atoms with van der Waals surface area (Å²) in [6.45, 7) is 30.9. The second-order valence-electron chi connectivity index (χ2n) is 32.2. The predicted octanol–water partition coefficient (Wildman–Crippen LogP) is 19.2. The Bertz CT molecular complexity index is 6650. The van der Waals surface area contributed by atoms with Gasteiger partial charge in [0.05, 0.1) is 126 Å². The van der Waals surface area contributed by atoms with Gasteiger partial charge in [-0.3, -0.25) is 57.4 Å². The standard InChI is InChI=1S/3C31H26Cl3F2N7O2/c1-5-19(44)41-8-10-42(11-9-41)29-16-12-18(32)27(20-21(33)23(35)24(36)22(34)25(20)38)40-30(16)43(31(45)17(29)13-37)28-15(4)6-7-39-26(28)14(2)3;2*1-5-19(44)41-8-10-42(11-9-41)29-16-12-18(32)27(20-21(33)22(34)23(35)24(36)25(20)38)40-30(16)43(31(45)17(29)13-37)28-15(4)6-7-39-26(28)14(2)3/h3*5-7,12,14H,1,8-11,38H2,2-4H3. The molecule has 12 heterocycles. The van der Waals surface area contributed by atoms with Crippen molar-refractivity contribution in [1.82, 2.24) is 58.3 Å². The van der Waals surface area contributed by atoms with Crippen molar-refractivity contribution in [2.24, 2.45) is 0 Å². The maximum Gasteiger partial charge on any atom is 0.276 e. The van der Waals surface area contributed by atoms with Crippen molar-refractivity contribution in [2.75, 3.05) is 110 Å². The van der Waals surface area contributed by atoms with Crippen molar-refractivity contribution in [3.63, 3.8) is 0 Å². The molecule has 0 spiro atoms. The molecule has 42 heteroatoms. The Labute approximate surface area is 812 Å². The topological polar surface area (TPSA) is 363 Å². The highest BCUT2D eigenvalue weighted by Crippen LogP contribution is 2.50. The highest BCUT2D eigenvalue weighted by molar-refractivity contribution is 6.46. The Kier molecular flexibility index (Phi) is 29.6. The highest BCUT2D eigenvalue weighted by Gasteiger charge is 2.38. The van der Waals surface area contributed by atoms with Crippen molar-refractivity contribution >= 4 is 189 Å². The molecule has 3 amide bonds. The number of anilines is 6. The molecule has 0 aliphatic carbocycles. The van der Waals surface area contributed by atoms with Crippen molar-refractivity contribution in [3.8, 4) is 69.0 Å². The smallest absolute Gasteiger partial charge is 0.276 e. The first-order valence-corrected chi connectivity index (χ1v) is 44.7. The zero-order valence-electron chi connectivity index (χ0n) is 73.2. The molecule has 0 atom stereocenters. The quantitative estimate of drug-likeness (QED) is 0.0282. The lowest BCUT2D eigenvalue weighted by Gasteiger charge is -2.36. The summed E-state index contributed by atoms with van der Waals surface area (Å²) in [5.74, 6) is -9.78. The SMILES string of the molecule is C=CC(=O)N1CCN(c2c(C#N)c(=O)n(-c3c(C)ccnc3C(C)C)c3nc(-c4c(N)c(Cl)c(F)c(F)c4Cl)c(Cl)cc23)CC1.C=CC(=O)N1CCN(c2c(C#N)c(=O)n(-c3c(C)ccnc3C(C)C)c3nc(-c4c(N)c(F)c(F)c(Cl)c4Cl)c(Cl)cc23)CC1.C=CC(=O)N1CCN(c2c(C#N)c(=O)n(-c3c(C)ccnc3C(C)C)c3nc(-c4c(N)c(F)c(F)c(Cl)c4Cl)c(Cl)cc23)CC1. The van der Waals surface area contributed by atoms with E-state index in [4.69, 9.17) is 137 Å². The third-order valence-corrected chi connectivity index (χ3v) is 26.5. The van der Waals surface area contributed by atoms with Crippen LogP contribution in [0.5, 0.6) is 0 Å². The molecular formula is C93H78Cl9F6N21O6. The number of halogens is 15. The Hall–Kier alpha value is -12.7. The Morgan fingerprint density at radius 2 is 0.622 bits per heavy atom. The first-order valence-electron chi connectivity index (χ1n) is 41.3. The molecule has 135 heavy (non-hydrogen) atoms. The van der Waals surface area contributed by atoms with E-state index in [2.05, 4.69) is 52.9 Å². The second kappa shape index (κ2) is 40.1. The van der Waals surface area contributed by atoms with E-state index in [1.807, 2.05) is 56.2 Å². The number of carbonyl (C=O) groups excluding carboxylic acids is 3. The molecule has 3 aliphatic heterocycles. The van der Waals surface area contributed by atoms with Gasteiger partial charge in [0, 0.05) is 130 Å². The molecule has 6 N–H and O–H groups in total. The summed E-state index contributed by atoms with van der Waals surface area (Å²) in [6.07, 6.45) is 8.52. The summed E-state index contributed by atoms with van der Waals surface area (Å²) in [7, 11) is 0. The van der Waals surface area contributed by atoms with Crippen LogP contribution in [0.3, 0.4) is 0 Å². The molecule has 3 aliphatic rings. The number of benzene rings is 3. The molecule has 27 nitrogen and oxygen atoms in total. The lowest BCUT2D eigenvalue weighted by molar-refractivity contribution is -0.127. The molecule has 3 aromatic carbocycles. The van der Waals surface area contributed by atoms with E-state index >= 15 is 0 Å². The predicted molar refractivity (Wildman–Crippen MR) is 517 cm³/mol. The number of nitrogens with zero attached hydrogens (tertiary/aromatic N) is 18. The minimum Gasteiger partial charge on any atom is -0.397 e. The molecule has 9 aromatic heterocycles. The van der Waals surface area contributed by atoms with Crippen LogP contribution in [0.2, 0.25) is 45.2 Å². The van der Waals surface area contributed by atoms with Crippen molar-refractivity contribution in [3.05, 3.63) is 255 Å². The van der Waals surface area contributed by atoms with Crippen LogP contribution in [0.1, 0.15) is 110 Å². The normalized spacial score (nSPS) is 13.4. The lowest BCUT2D eigenvalue weighted by atomic mass is 10.0.